The molecular formula is C11H18N4O3. The molecule has 0 saturated carbocycles. The molecule has 100 valence electrons. The zero-order valence-electron chi connectivity index (χ0n) is 11.1. The van der Waals surface area contributed by atoms with E-state index in [0.717, 1.165) is 6.42 Å². The Morgan fingerprint density at radius 2 is 2.11 bits per heavy atom. The van der Waals surface area contributed by atoms with Gasteiger partial charge in [-0.3, -0.25) is 10.1 Å². The highest BCUT2D eigenvalue weighted by atomic mass is 16.6. The molecule has 7 nitrogen and oxygen atoms in total. The van der Waals surface area contributed by atoms with E-state index in [1.54, 1.807) is 0 Å². The lowest BCUT2D eigenvalue weighted by Crippen LogP contribution is -2.14. The second-order valence-electron chi connectivity index (χ2n) is 5.07. The van der Waals surface area contributed by atoms with Gasteiger partial charge in [0.15, 0.2) is 0 Å². The van der Waals surface area contributed by atoms with Gasteiger partial charge in [0.2, 0.25) is 5.82 Å². The predicted octanol–water partition coefficient (Wildman–Crippen LogP) is 2.24. The van der Waals surface area contributed by atoms with E-state index in [-0.39, 0.29) is 22.8 Å². The van der Waals surface area contributed by atoms with E-state index in [2.05, 4.69) is 36.1 Å². The van der Waals surface area contributed by atoms with E-state index in [1.165, 1.54) is 13.4 Å². The molecule has 0 bridgehead atoms. The quantitative estimate of drug-likeness (QED) is 0.640. The SMILES string of the molecule is COc1ncnc(NCCC(C)(C)C)c1[N+](=O)[O-]. The number of nitrogens with zero attached hydrogens (tertiary/aromatic N) is 3. The molecule has 0 unspecified atom stereocenters. The lowest BCUT2D eigenvalue weighted by molar-refractivity contribution is -0.385. The Balaban J connectivity index is 2.85. The van der Waals surface area contributed by atoms with Crippen molar-refractivity contribution in [3.63, 3.8) is 0 Å². The van der Waals surface area contributed by atoms with Gasteiger partial charge in [-0.25, -0.2) is 4.98 Å². The molecule has 0 spiro atoms. The highest BCUT2D eigenvalue weighted by molar-refractivity contribution is 5.60. The summed E-state index contributed by atoms with van der Waals surface area (Å²) in [6, 6.07) is 0. The fourth-order valence-electron chi connectivity index (χ4n) is 1.36. The molecule has 18 heavy (non-hydrogen) atoms. The van der Waals surface area contributed by atoms with Gasteiger partial charge in [0.25, 0.3) is 5.88 Å². The number of nitrogens with one attached hydrogen (secondary N) is 1. The Kier molecular flexibility index (Phi) is 4.41. The number of hydrogen-bond donors (Lipinski definition) is 1. The maximum absolute atomic E-state index is 11.0. The van der Waals surface area contributed by atoms with Crippen LogP contribution in [0, 0.1) is 15.5 Å². The first-order valence-electron chi connectivity index (χ1n) is 5.62. The smallest absolute Gasteiger partial charge is 0.372 e. The van der Waals surface area contributed by atoms with Crippen LogP contribution in [0.5, 0.6) is 5.88 Å². The Hall–Kier alpha value is -1.92. The van der Waals surface area contributed by atoms with Gasteiger partial charge < -0.3 is 10.1 Å². The van der Waals surface area contributed by atoms with Crippen LogP contribution in [0.1, 0.15) is 27.2 Å². The fraction of sp³-hybridized carbons (Fsp3) is 0.636. The van der Waals surface area contributed by atoms with Crippen LogP contribution in [0.4, 0.5) is 11.5 Å². The van der Waals surface area contributed by atoms with Crippen LogP contribution in [0.15, 0.2) is 6.33 Å². The topological polar surface area (TPSA) is 90.2 Å². The van der Waals surface area contributed by atoms with Crippen LogP contribution in [0.25, 0.3) is 0 Å². The minimum atomic E-state index is -0.543. The third-order valence-electron chi connectivity index (χ3n) is 2.33. The van der Waals surface area contributed by atoms with Crippen molar-refractivity contribution in [2.24, 2.45) is 5.41 Å². The van der Waals surface area contributed by atoms with Gasteiger partial charge in [0, 0.05) is 6.54 Å². The summed E-state index contributed by atoms with van der Waals surface area (Å²) in [4.78, 5) is 18.0. The predicted molar refractivity (Wildman–Crippen MR) is 67.8 cm³/mol. The van der Waals surface area contributed by atoms with Gasteiger partial charge in [-0.2, -0.15) is 4.98 Å². The fourth-order valence-corrected chi connectivity index (χ4v) is 1.36. The average Bonchev–Trinajstić information content (AvgIpc) is 2.26. The standard InChI is InChI=1S/C11H18N4O3/c1-11(2,3)5-6-12-9-8(15(16)17)10(18-4)14-7-13-9/h7H,5-6H2,1-4H3,(H,12,13,14). The Labute approximate surface area is 106 Å². The molecule has 0 saturated heterocycles. The van der Waals surface area contributed by atoms with E-state index >= 15 is 0 Å². The number of hydrogen-bond acceptors (Lipinski definition) is 6. The second kappa shape index (κ2) is 5.61. The number of nitro groups is 1. The molecule has 0 amide bonds. The van der Waals surface area contributed by atoms with Gasteiger partial charge in [-0.05, 0) is 11.8 Å². The van der Waals surface area contributed by atoms with Crippen LogP contribution in [-0.4, -0.2) is 28.5 Å². The van der Waals surface area contributed by atoms with E-state index in [4.69, 9.17) is 4.74 Å². The van der Waals surface area contributed by atoms with Crippen LogP contribution in [-0.2, 0) is 0 Å². The van der Waals surface area contributed by atoms with Crippen molar-refractivity contribution in [1.29, 1.82) is 0 Å². The normalized spacial score (nSPS) is 11.1. The van der Waals surface area contributed by atoms with Crippen molar-refractivity contribution in [2.45, 2.75) is 27.2 Å². The van der Waals surface area contributed by atoms with Gasteiger partial charge in [0.05, 0.1) is 12.0 Å². The number of anilines is 1. The van der Waals surface area contributed by atoms with Crippen molar-refractivity contribution in [3.8, 4) is 5.88 Å². The van der Waals surface area contributed by atoms with Crippen molar-refractivity contribution in [2.75, 3.05) is 19.0 Å². The summed E-state index contributed by atoms with van der Waals surface area (Å²) < 4.78 is 4.86. The summed E-state index contributed by atoms with van der Waals surface area (Å²) in [6.45, 7) is 6.90. The minimum absolute atomic E-state index is 0.0340. The molecule has 1 heterocycles. The molecule has 0 aromatic carbocycles. The molecule has 0 atom stereocenters. The summed E-state index contributed by atoms with van der Waals surface area (Å²) in [7, 11) is 1.34. The maximum Gasteiger partial charge on any atom is 0.372 e. The lowest BCUT2D eigenvalue weighted by Gasteiger charge is -2.18. The van der Waals surface area contributed by atoms with Crippen molar-refractivity contribution >= 4 is 11.5 Å². The zero-order chi connectivity index (χ0) is 13.8. The largest absolute Gasteiger partial charge is 0.476 e. The molecule has 1 aromatic heterocycles. The van der Waals surface area contributed by atoms with Crippen molar-refractivity contribution in [3.05, 3.63) is 16.4 Å². The van der Waals surface area contributed by atoms with Gasteiger partial charge in [-0.15, -0.1) is 0 Å². The molecule has 0 fully saturated rings. The van der Waals surface area contributed by atoms with Crippen molar-refractivity contribution < 1.29 is 9.66 Å². The highest BCUT2D eigenvalue weighted by Gasteiger charge is 2.23. The first kappa shape index (κ1) is 14.1. The number of methoxy groups -OCH3 is 1. The third kappa shape index (κ3) is 3.83. The van der Waals surface area contributed by atoms with Gasteiger partial charge in [-0.1, -0.05) is 20.8 Å². The van der Waals surface area contributed by atoms with E-state index in [0.29, 0.717) is 6.54 Å². The molecule has 1 N–H and O–H groups in total. The molecule has 7 heteroatoms. The Bertz CT molecular complexity index is 429. The minimum Gasteiger partial charge on any atom is -0.476 e. The summed E-state index contributed by atoms with van der Waals surface area (Å²) >= 11 is 0. The molecule has 0 radical (unpaired) electrons. The van der Waals surface area contributed by atoms with Crippen molar-refractivity contribution in [1.82, 2.24) is 9.97 Å². The lowest BCUT2D eigenvalue weighted by atomic mass is 9.92. The first-order valence-corrected chi connectivity index (χ1v) is 5.62. The van der Waals surface area contributed by atoms with Crippen LogP contribution in [0.2, 0.25) is 0 Å². The van der Waals surface area contributed by atoms with Crippen LogP contribution in [0.3, 0.4) is 0 Å². The summed E-state index contributed by atoms with van der Waals surface area (Å²) in [5.74, 6) is 0.157. The van der Waals surface area contributed by atoms with E-state index in [9.17, 15) is 10.1 Å². The molecule has 0 aliphatic rings. The van der Waals surface area contributed by atoms with E-state index in [1.807, 2.05) is 0 Å². The van der Waals surface area contributed by atoms with Gasteiger partial charge in [0.1, 0.15) is 6.33 Å². The molecule has 0 aliphatic carbocycles. The van der Waals surface area contributed by atoms with E-state index < -0.39 is 4.92 Å². The van der Waals surface area contributed by atoms with Crippen LogP contribution < -0.4 is 10.1 Å². The third-order valence-corrected chi connectivity index (χ3v) is 2.33. The molecular weight excluding hydrogens is 236 g/mol. The first-order chi connectivity index (χ1) is 8.35. The molecule has 0 aliphatic heterocycles. The summed E-state index contributed by atoms with van der Waals surface area (Å²) in [5.41, 5.74) is -0.0762. The second-order valence-corrected chi connectivity index (χ2v) is 5.07. The van der Waals surface area contributed by atoms with Crippen LogP contribution >= 0.6 is 0 Å². The molecule has 1 rings (SSSR count). The Morgan fingerprint density at radius 1 is 1.44 bits per heavy atom. The molecule has 1 aromatic rings. The highest BCUT2D eigenvalue weighted by Crippen LogP contribution is 2.30. The summed E-state index contributed by atoms with van der Waals surface area (Å²) in [5, 5.41) is 13.9. The maximum atomic E-state index is 11.0. The summed E-state index contributed by atoms with van der Waals surface area (Å²) in [6.07, 6.45) is 2.11. The number of aromatic nitrogens is 2. The number of rotatable bonds is 5. The van der Waals surface area contributed by atoms with Gasteiger partial charge >= 0.3 is 5.69 Å². The average molecular weight is 254 g/mol. The Morgan fingerprint density at radius 3 is 2.61 bits per heavy atom. The number of ether oxygens (including phenoxy) is 1. The zero-order valence-corrected chi connectivity index (χ0v) is 11.1. The monoisotopic (exact) mass is 254 g/mol.